The summed E-state index contributed by atoms with van der Waals surface area (Å²) in [4.78, 5) is 14.5. The van der Waals surface area contributed by atoms with Gasteiger partial charge in [0.1, 0.15) is 5.75 Å². The second-order valence-corrected chi connectivity index (χ2v) is 5.45. The van der Waals surface area contributed by atoms with Crippen molar-refractivity contribution in [2.24, 2.45) is 0 Å². The van der Waals surface area contributed by atoms with Gasteiger partial charge in [0, 0.05) is 29.9 Å². The number of phenolic OH excluding ortho intramolecular Hbond substituents is 1. The molecule has 0 unspecified atom stereocenters. The molecule has 0 spiro atoms. The van der Waals surface area contributed by atoms with E-state index in [-0.39, 0.29) is 11.7 Å². The van der Waals surface area contributed by atoms with Crippen LogP contribution in [0.25, 0.3) is 0 Å². The second kappa shape index (κ2) is 5.13. The van der Waals surface area contributed by atoms with E-state index >= 15 is 0 Å². The lowest BCUT2D eigenvalue weighted by atomic mass is 9.98. The first-order chi connectivity index (χ1) is 10.1. The minimum Gasteiger partial charge on any atom is -0.508 e. The van der Waals surface area contributed by atoms with Crippen LogP contribution in [-0.4, -0.2) is 22.5 Å². The molecule has 4 heteroatoms. The first-order valence-electron chi connectivity index (χ1n) is 7.01. The highest BCUT2D eigenvalue weighted by atomic mass is 16.3. The van der Waals surface area contributed by atoms with Crippen molar-refractivity contribution in [1.82, 2.24) is 4.90 Å². The Morgan fingerprint density at radius 1 is 1.24 bits per heavy atom. The van der Waals surface area contributed by atoms with Gasteiger partial charge in [0.15, 0.2) is 0 Å². The van der Waals surface area contributed by atoms with E-state index in [4.69, 9.17) is 5.73 Å². The molecule has 21 heavy (non-hydrogen) atoms. The van der Waals surface area contributed by atoms with Gasteiger partial charge in [0.25, 0.3) is 5.91 Å². The average molecular weight is 282 g/mol. The molecule has 108 valence electrons. The molecular formula is C17H18N2O2. The number of nitrogens with two attached hydrogens (primary N) is 1. The maximum absolute atomic E-state index is 12.7. The molecule has 2 aromatic carbocycles. The molecule has 0 saturated carbocycles. The van der Waals surface area contributed by atoms with E-state index in [1.807, 2.05) is 23.1 Å². The zero-order valence-electron chi connectivity index (χ0n) is 12.0. The molecule has 0 radical (unpaired) electrons. The quantitative estimate of drug-likeness (QED) is 0.790. The van der Waals surface area contributed by atoms with Gasteiger partial charge in [0.05, 0.1) is 0 Å². The van der Waals surface area contributed by atoms with E-state index in [1.54, 1.807) is 25.1 Å². The van der Waals surface area contributed by atoms with Crippen LogP contribution in [0.4, 0.5) is 5.69 Å². The highest BCUT2D eigenvalue weighted by Gasteiger charge is 2.23. The van der Waals surface area contributed by atoms with Crippen molar-refractivity contribution in [2.45, 2.75) is 19.9 Å². The molecule has 1 aliphatic rings. The van der Waals surface area contributed by atoms with Gasteiger partial charge in [0.2, 0.25) is 0 Å². The zero-order chi connectivity index (χ0) is 15.0. The number of hydrogen-bond acceptors (Lipinski definition) is 3. The zero-order valence-corrected chi connectivity index (χ0v) is 12.0. The first-order valence-corrected chi connectivity index (χ1v) is 7.01. The highest BCUT2D eigenvalue weighted by molar-refractivity contribution is 5.96. The SMILES string of the molecule is Cc1c(O)cccc1C(=O)N1CCc2ccc(N)cc2C1. The summed E-state index contributed by atoms with van der Waals surface area (Å²) in [7, 11) is 0. The molecule has 0 atom stereocenters. The topological polar surface area (TPSA) is 66.6 Å². The molecule has 3 rings (SSSR count). The Labute approximate surface area is 123 Å². The van der Waals surface area contributed by atoms with Crippen LogP contribution >= 0.6 is 0 Å². The Bertz CT molecular complexity index is 710. The van der Waals surface area contributed by atoms with Gasteiger partial charge in [-0.3, -0.25) is 4.79 Å². The van der Waals surface area contributed by atoms with Crippen molar-refractivity contribution >= 4 is 11.6 Å². The van der Waals surface area contributed by atoms with Crippen molar-refractivity contribution in [3.63, 3.8) is 0 Å². The van der Waals surface area contributed by atoms with Gasteiger partial charge in [-0.15, -0.1) is 0 Å². The van der Waals surface area contributed by atoms with Crippen molar-refractivity contribution in [2.75, 3.05) is 12.3 Å². The standard InChI is InChI=1S/C17H18N2O2/c1-11-15(3-2-4-16(11)20)17(21)19-8-7-12-5-6-14(18)9-13(12)10-19/h2-6,9,20H,7-8,10,18H2,1H3. The molecule has 1 aliphatic heterocycles. The lowest BCUT2D eigenvalue weighted by Gasteiger charge is -2.29. The van der Waals surface area contributed by atoms with E-state index in [0.29, 0.717) is 24.2 Å². The van der Waals surface area contributed by atoms with Crippen LogP contribution in [0.2, 0.25) is 0 Å². The number of phenols is 1. The fraction of sp³-hybridized carbons (Fsp3) is 0.235. The third-order valence-corrected chi connectivity index (χ3v) is 4.07. The Kier molecular flexibility index (Phi) is 3.29. The number of carbonyl (C=O) groups excluding carboxylic acids is 1. The van der Waals surface area contributed by atoms with Crippen LogP contribution in [0.5, 0.6) is 5.75 Å². The van der Waals surface area contributed by atoms with Crippen LogP contribution in [0.15, 0.2) is 36.4 Å². The fourth-order valence-corrected chi connectivity index (χ4v) is 2.78. The van der Waals surface area contributed by atoms with E-state index in [9.17, 15) is 9.90 Å². The number of nitrogens with zero attached hydrogens (tertiary/aromatic N) is 1. The largest absolute Gasteiger partial charge is 0.508 e. The maximum atomic E-state index is 12.7. The summed E-state index contributed by atoms with van der Waals surface area (Å²) in [6, 6.07) is 10.9. The molecule has 2 aromatic rings. The fourth-order valence-electron chi connectivity index (χ4n) is 2.78. The summed E-state index contributed by atoms with van der Waals surface area (Å²) in [6.07, 6.45) is 0.833. The number of aromatic hydroxyl groups is 1. The van der Waals surface area contributed by atoms with Crippen LogP contribution in [0, 0.1) is 6.92 Å². The van der Waals surface area contributed by atoms with Crippen molar-refractivity contribution < 1.29 is 9.90 Å². The molecule has 4 nitrogen and oxygen atoms in total. The summed E-state index contributed by atoms with van der Waals surface area (Å²) in [5.41, 5.74) is 10.1. The average Bonchev–Trinajstić information content (AvgIpc) is 2.48. The molecule has 0 bridgehead atoms. The van der Waals surface area contributed by atoms with Crippen molar-refractivity contribution in [3.05, 3.63) is 58.7 Å². The summed E-state index contributed by atoms with van der Waals surface area (Å²) in [5, 5.41) is 9.75. The van der Waals surface area contributed by atoms with Gasteiger partial charge < -0.3 is 15.7 Å². The van der Waals surface area contributed by atoms with Crippen molar-refractivity contribution in [1.29, 1.82) is 0 Å². The Morgan fingerprint density at radius 3 is 2.86 bits per heavy atom. The highest BCUT2D eigenvalue weighted by Crippen LogP contribution is 2.25. The van der Waals surface area contributed by atoms with E-state index in [0.717, 1.165) is 17.7 Å². The number of fused-ring (bicyclic) bond motifs is 1. The number of rotatable bonds is 1. The van der Waals surface area contributed by atoms with Gasteiger partial charge in [-0.25, -0.2) is 0 Å². The normalized spacial score (nSPS) is 13.9. The second-order valence-electron chi connectivity index (χ2n) is 5.45. The maximum Gasteiger partial charge on any atom is 0.254 e. The summed E-state index contributed by atoms with van der Waals surface area (Å²) in [5.74, 6) is 0.110. The lowest BCUT2D eigenvalue weighted by molar-refractivity contribution is 0.0733. The predicted octanol–water partition coefficient (Wildman–Crippen LogP) is 2.48. The van der Waals surface area contributed by atoms with Crippen molar-refractivity contribution in [3.8, 4) is 5.75 Å². The Balaban J connectivity index is 1.89. The number of hydrogen-bond donors (Lipinski definition) is 2. The third-order valence-electron chi connectivity index (χ3n) is 4.07. The molecule has 0 aliphatic carbocycles. The monoisotopic (exact) mass is 282 g/mol. The molecule has 3 N–H and O–H groups in total. The van der Waals surface area contributed by atoms with Gasteiger partial charge in [-0.1, -0.05) is 12.1 Å². The Hall–Kier alpha value is -2.49. The lowest BCUT2D eigenvalue weighted by Crippen LogP contribution is -2.36. The first kappa shape index (κ1) is 13.5. The molecule has 1 heterocycles. The van der Waals surface area contributed by atoms with Gasteiger partial charge >= 0.3 is 0 Å². The van der Waals surface area contributed by atoms with Crippen LogP contribution in [0.3, 0.4) is 0 Å². The van der Waals surface area contributed by atoms with Gasteiger partial charge in [-0.05, 0) is 48.7 Å². The van der Waals surface area contributed by atoms with Gasteiger partial charge in [-0.2, -0.15) is 0 Å². The van der Waals surface area contributed by atoms with Crippen LogP contribution in [-0.2, 0) is 13.0 Å². The molecule has 0 fully saturated rings. The van der Waals surface area contributed by atoms with E-state index in [2.05, 4.69) is 0 Å². The molecular weight excluding hydrogens is 264 g/mol. The molecule has 0 aromatic heterocycles. The molecule has 0 saturated heterocycles. The molecule has 1 amide bonds. The van der Waals surface area contributed by atoms with Crippen LogP contribution < -0.4 is 5.73 Å². The minimum absolute atomic E-state index is 0.0449. The Morgan fingerprint density at radius 2 is 2.05 bits per heavy atom. The third kappa shape index (κ3) is 2.44. The number of anilines is 1. The number of amides is 1. The summed E-state index contributed by atoms with van der Waals surface area (Å²) < 4.78 is 0. The summed E-state index contributed by atoms with van der Waals surface area (Å²) in [6.45, 7) is 3.01. The van der Waals surface area contributed by atoms with E-state index in [1.165, 1.54) is 5.56 Å². The number of benzene rings is 2. The predicted molar refractivity (Wildman–Crippen MR) is 82.1 cm³/mol. The number of nitrogen functional groups attached to an aromatic ring is 1. The summed E-state index contributed by atoms with van der Waals surface area (Å²) >= 11 is 0. The smallest absolute Gasteiger partial charge is 0.254 e. The number of carbonyl (C=O) groups is 1. The van der Waals surface area contributed by atoms with E-state index < -0.39 is 0 Å². The van der Waals surface area contributed by atoms with Crippen LogP contribution in [0.1, 0.15) is 27.0 Å². The minimum atomic E-state index is -0.0449.